The van der Waals surface area contributed by atoms with Crippen molar-refractivity contribution >= 4 is 22.4 Å². The van der Waals surface area contributed by atoms with E-state index in [1.807, 2.05) is 18.7 Å². The molecule has 1 aliphatic rings. The Bertz CT molecular complexity index is 679. The van der Waals surface area contributed by atoms with Crippen LogP contribution in [0.2, 0.25) is 0 Å². The van der Waals surface area contributed by atoms with Crippen molar-refractivity contribution in [1.29, 1.82) is 0 Å². The Kier molecular flexibility index (Phi) is 4.10. The number of nitrogen functional groups attached to an aromatic ring is 1. The van der Waals surface area contributed by atoms with Crippen molar-refractivity contribution in [2.45, 2.75) is 39.0 Å². The first-order chi connectivity index (χ1) is 10.5. The van der Waals surface area contributed by atoms with Gasteiger partial charge in [-0.15, -0.1) is 11.3 Å². The van der Waals surface area contributed by atoms with E-state index in [0.29, 0.717) is 18.1 Å². The molecule has 7 nitrogen and oxygen atoms in total. The largest absolute Gasteiger partial charge is 0.375 e. The number of anilines is 1. The van der Waals surface area contributed by atoms with Crippen LogP contribution >= 0.6 is 11.3 Å². The molecule has 1 fully saturated rings. The van der Waals surface area contributed by atoms with Gasteiger partial charge in [-0.2, -0.15) is 5.10 Å². The quantitative estimate of drug-likeness (QED) is 0.890. The lowest BCUT2D eigenvalue weighted by molar-refractivity contribution is -0.131. The van der Waals surface area contributed by atoms with Crippen LogP contribution in [0, 0.1) is 13.8 Å². The molecule has 1 atom stereocenters. The molecule has 0 bridgehead atoms. The Morgan fingerprint density at radius 3 is 2.91 bits per heavy atom. The van der Waals surface area contributed by atoms with Gasteiger partial charge in [-0.3, -0.25) is 9.89 Å². The second-order valence-corrected chi connectivity index (χ2v) is 6.81. The van der Waals surface area contributed by atoms with Gasteiger partial charge in [0.1, 0.15) is 5.82 Å². The lowest BCUT2D eigenvalue weighted by atomic mass is 9.97. The SMILES string of the molecule is Cc1nc([C@@H]2CCCN(C(=O)Cc3sc(N)nc3C)C2)n[nH]1. The molecule has 0 spiro atoms. The van der Waals surface area contributed by atoms with Crippen molar-refractivity contribution < 1.29 is 4.79 Å². The number of rotatable bonds is 3. The molecule has 2 aromatic rings. The van der Waals surface area contributed by atoms with Gasteiger partial charge in [0, 0.05) is 23.9 Å². The highest BCUT2D eigenvalue weighted by Crippen LogP contribution is 2.26. The van der Waals surface area contributed by atoms with Crippen LogP contribution in [0.15, 0.2) is 0 Å². The lowest BCUT2D eigenvalue weighted by Crippen LogP contribution is -2.40. The fraction of sp³-hybridized carbons (Fsp3) is 0.571. The Labute approximate surface area is 133 Å². The molecule has 0 saturated carbocycles. The summed E-state index contributed by atoms with van der Waals surface area (Å²) in [6, 6.07) is 0. The summed E-state index contributed by atoms with van der Waals surface area (Å²) in [5, 5.41) is 7.63. The number of amides is 1. The van der Waals surface area contributed by atoms with Gasteiger partial charge in [0.25, 0.3) is 0 Å². The van der Waals surface area contributed by atoms with Crippen molar-refractivity contribution in [3.63, 3.8) is 0 Å². The number of aromatic amines is 1. The van der Waals surface area contributed by atoms with Gasteiger partial charge < -0.3 is 10.6 Å². The second-order valence-electron chi connectivity index (χ2n) is 5.70. The molecule has 3 heterocycles. The number of H-pyrrole nitrogens is 1. The summed E-state index contributed by atoms with van der Waals surface area (Å²) in [6.45, 7) is 5.26. The third kappa shape index (κ3) is 3.11. The molecule has 0 radical (unpaired) electrons. The smallest absolute Gasteiger partial charge is 0.227 e. The molecule has 1 aliphatic heterocycles. The van der Waals surface area contributed by atoms with E-state index < -0.39 is 0 Å². The molecule has 0 unspecified atom stereocenters. The first kappa shape index (κ1) is 15.0. The number of aromatic nitrogens is 4. The lowest BCUT2D eigenvalue weighted by Gasteiger charge is -2.31. The molecule has 1 amide bonds. The number of likely N-dealkylation sites (tertiary alicyclic amines) is 1. The number of hydrogen-bond donors (Lipinski definition) is 2. The topological polar surface area (TPSA) is 101 Å². The number of hydrogen-bond acceptors (Lipinski definition) is 6. The standard InChI is InChI=1S/C14H20N6OS/c1-8-11(22-14(15)16-8)6-12(21)20-5-3-4-10(7-20)13-17-9(2)18-19-13/h10H,3-7H2,1-2H3,(H2,15,16)(H,17,18,19)/t10-/m1/s1. The number of nitrogens with two attached hydrogens (primary N) is 1. The number of carbonyl (C=O) groups is 1. The maximum Gasteiger partial charge on any atom is 0.227 e. The summed E-state index contributed by atoms with van der Waals surface area (Å²) in [5.74, 6) is 1.97. The third-order valence-electron chi connectivity index (χ3n) is 3.97. The van der Waals surface area contributed by atoms with E-state index in [1.165, 1.54) is 11.3 Å². The number of nitrogens with one attached hydrogen (secondary N) is 1. The second kappa shape index (κ2) is 6.04. The van der Waals surface area contributed by atoms with Gasteiger partial charge in [-0.25, -0.2) is 9.97 Å². The highest BCUT2D eigenvalue weighted by Gasteiger charge is 2.27. The Morgan fingerprint density at radius 2 is 2.27 bits per heavy atom. The summed E-state index contributed by atoms with van der Waals surface area (Å²) in [4.78, 5) is 24.0. The maximum absolute atomic E-state index is 12.5. The van der Waals surface area contributed by atoms with Crippen LogP contribution in [0.5, 0.6) is 0 Å². The molecule has 8 heteroatoms. The third-order valence-corrected chi connectivity index (χ3v) is 4.96. The molecule has 0 aromatic carbocycles. The van der Waals surface area contributed by atoms with Crippen LogP contribution in [0.25, 0.3) is 0 Å². The van der Waals surface area contributed by atoms with Crippen molar-refractivity contribution in [2.75, 3.05) is 18.8 Å². The molecule has 0 aliphatic carbocycles. The van der Waals surface area contributed by atoms with Crippen LogP contribution in [0.3, 0.4) is 0 Å². The van der Waals surface area contributed by atoms with Crippen LogP contribution < -0.4 is 5.73 Å². The Hall–Kier alpha value is -1.96. The summed E-state index contributed by atoms with van der Waals surface area (Å²) in [7, 11) is 0. The fourth-order valence-electron chi connectivity index (χ4n) is 2.82. The summed E-state index contributed by atoms with van der Waals surface area (Å²) < 4.78 is 0. The minimum Gasteiger partial charge on any atom is -0.375 e. The highest BCUT2D eigenvalue weighted by atomic mass is 32.1. The summed E-state index contributed by atoms with van der Waals surface area (Å²) in [6.07, 6.45) is 2.38. The predicted octanol–water partition coefficient (Wildman–Crippen LogP) is 1.41. The van der Waals surface area contributed by atoms with Gasteiger partial charge in [-0.05, 0) is 26.7 Å². The van der Waals surface area contributed by atoms with Gasteiger partial charge >= 0.3 is 0 Å². The molecule has 2 aromatic heterocycles. The molecular formula is C14H20N6OS. The predicted molar refractivity (Wildman–Crippen MR) is 84.6 cm³/mol. The number of piperidine rings is 1. The van der Waals surface area contributed by atoms with Gasteiger partial charge in [0.15, 0.2) is 11.0 Å². The number of nitrogens with zero attached hydrogens (tertiary/aromatic N) is 4. The van der Waals surface area contributed by atoms with Crippen molar-refractivity contribution in [1.82, 2.24) is 25.1 Å². The van der Waals surface area contributed by atoms with Gasteiger partial charge in [0.05, 0.1) is 12.1 Å². The molecule has 118 valence electrons. The van der Waals surface area contributed by atoms with Crippen LogP contribution in [-0.4, -0.2) is 44.1 Å². The first-order valence-corrected chi connectivity index (χ1v) is 8.23. The van der Waals surface area contributed by atoms with E-state index in [9.17, 15) is 4.79 Å². The summed E-state index contributed by atoms with van der Waals surface area (Å²) >= 11 is 1.40. The van der Waals surface area contributed by atoms with Crippen LogP contribution in [-0.2, 0) is 11.2 Å². The molecule has 1 saturated heterocycles. The van der Waals surface area contributed by atoms with E-state index in [-0.39, 0.29) is 11.8 Å². The zero-order valence-electron chi connectivity index (χ0n) is 12.8. The number of thiazole rings is 1. The maximum atomic E-state index is 12.5. The zero-order chi connectivity index (χ0) is 15.7. The first-order valence-electron chi connectivity index (χ1n) is 7.41. The molecular weight excluding hydrogens is 300 g/mol. The normalized spacial score (nSPS) is 18.6. The number of aryl methyl sites for hydroxylation is 2. The minimum absolute atomic E-state index is 0.128. The average Bonchev–Trinajstić information content (AvgIpc) is 3.05. The average molecular weight is 320 g/mol. The van der Waals surface area contributed by atoms with E-state index in [2.05, 4.69) is 20.2 Å². The van der Waals surface area contributed by atoms with E-state index >= 15 is 0 Å². The monoisotopic (exact) mass is 320 g/mol. The van der Waals surface area contributed by atoms with Gasteiger partial charge in [-0.1, -0.05) is 0 Å². The van der Waals surface area contributed by atoms with Crippen LogP contribution in [0.1, 0.15) is 41.0 Å². The van der Waals surface area contributed by atoms with E-state index in [4.69, 9.17) is 5.73 Å². The molecule has 3 N–H and O–H groups in total. The van der Waals surface area contributed by atoms with Crippen molar-refractivity contribution in [3.05, 3.63) is 22.2 Å². The fourth-order valence-corrected chi connectivity index (χ4v) is 3.64. The zero-order valence-corrected chi connectivity index (χ0v) is 13.6. The molecule has 22 heavy (non-hydrogen) atoms. The van der Waals surface area contributed by atoms with E-state index in [0.717, 1.165) is 41.6 Å². The Balaban J connectivity index is 1.66. The highest BCUT2D eigenvalue weighted by molar-refractivity contribution is 7.15. The van der Waals surface area contributed by atoms with Gasteiger partial charge in [0.2, 0.25) is 5.91 Å². The van der Waals surface area contributed by atoms with Crippen LogP contribution in [0.4, 0.5) is 5.13 Å². The minimum atomic E-state index is 0.128. The van der Waals surface area contributed by atoms with E-state index in [1.54, 1.807) is 0 Å². The number of carbonyl (C=O) groups excluding carboxylic acids is 1. The Morgan fingerprint density at radius 1 is 1.45 bits per heavy atom. The van der Waals surface area contributed by atoms with Crippen molar-refractivity contribution in [2.24, 2.45) is 0 Å². The van der Waals surface area contributed by atoms with Crippen molar-refractivity contribution in [3.8, 4) is 0 Å². The molecule has 3 rings (SSSR count). The summed E-state index contributed by atoms with van der Waals surface area (Å²) in [5.41, 5.74) is 6.55.